The SMILES string of the molecule is Cc1cc2c(s1)c(=O)[nH]c(=O)n2-c1ccccc1Cl. The number of hydrogen-bond donors (Lipinski definition) is 1. The highest BCUT2D eigenvalue weighted by atomic mass is 35.5. The Balaban J connectivity index is 2.52. The van der Waals surface area contributed by atoms with Gasteiger partial charge in [0.25, 0.3) is 5.56 Å². The maximum Gasteiger partial charge on any atom is 0.333 e. The van der Waals surface area contributed by atoms with Crippen molar-refractivity contribution in [3.8, 4) is 5.69 Å². The molecule has 0 radical (unpaired) electrons. The topological polar surface area (TPSA) is 54.9 Å². The molecule has 0 bridgehead atoms. The van der Waals surface area contributed by atoms with Crippen molar-refractivity contribution in [1.29, 1.82) is 0 Å². The molecule has 0 aliphatic rings. The highest BCUT2D eigenvalue weighted by Gasteiger charge is 2.13. The van der Waals surface area contributed by atoms with E-state index >= 15 is 0 Å². The molecule has 3 rings (SSSR count). The average molecular weight is 293 g/mol. The Morgan fingerprint density at radius 2 is 2.00 bits per heavy atom. The second kappa shape index (κ2) is 4.36. The normalized spacial score (nSPS) is 11.1. The summed E-state index contributed by atoms with van der Waals surface area (Å²) in [6, 6.07) is 8.86. The van der Waals surface area contributed by atoms with Crippen LogP contribution in [0.15, 0.2) is 39.9 Å². The molecule has 0 atom stereocenters. The Morgan fingerprint density at radius 1 is 1.26 bits per heavy atom. The number of halogens is 1. The van der Waals surface area contributed by atoms with Gasteiger partial charge in [0, 0.05) is 4.88 Å². The van der Waals surface area contributed by atoms with Crippen LogP contribution in [0, 0.1) is 6.92 Å². The predicted octanol–water partition coefficient (Wildman–Crippen LogP) is 2.70. The molecule has 0 amide bonds. The van der Waals surface area contributed by atoms with E-state index in [0.29, 0.717) is 20.9 Å². The second-order valence-corrected chi connectivity index (χ2v) is 5.78. The first-order valence-corrected chi connectivity index (χ1v) is 6.78. The van der Waals surface area contributed by atoms with E-state index in [1.54, 1.807) is 24.3 Å². The summed E-state index contributed by atoms with van der Waals surface area (Å²) in [7, 11) is 0. The maximum atomic E-state index is 12.1. The van der Waals surface area contributed by atoms with Crippen molar-refractivity contribution in [2.45, 2.75) is 6.92 Å². The van der Waals surface area contributed by atoms with Crippen LogP contribution in [-0.2, 0) is 0 Å². The van der Waals surface area contributed by atoms with Crippen molar-refractivity contribution in [2.24, 2.45) is 0 Å². The van der Waals surface area contributed by atoms with Crippen molar-refractivity contribution < 1.29 is 0 Å². The van der Waals surface area contributed by atoms with Gasteiger partial charge in [-0.1, -0.05) is 23.7 Å². The van der Waals surface area contributed by atoms with Crippen LogP contribution in [0.4, 0.5) is 0 Å². The molecule has 0 spiro atoms. The summed E-state index contributed by atoms with van der Waals surface area (Å²) in [6.45, 7) is 1.89. The fraction of sp³-hybridized carbons (Fsp3) is 0.0769. The molecule has 1 N–H and O–H groups in total. The Hall–Kier alpha value is -1.85. The van der Waals surface area contributed by atoms with E-state index in [4.69, 9.17) is 11.6 Å². The van der Waals surface area contributed by atoms with E-state index in [1.807, 2.05) is 13.0 Å². The largest absolute Gasteiger partial charge is 0.333 e. The number of fused-ring (bicyclic) bond motifs is 1. The molecule has 1 aromatic carbocycles. The summed E-state index contributed by atoms with van der Waals surface area (Å²) in [5, 5.41) is 0.460. The molecular weight excluding hydrogens is 284 g/mol. The van der Waals surface area contributed by atoms with Crippen LogP contribution in [0.25, 0.3) is 15.9 Å². The number of nitrogens with one attached hydrogen (secondary N) is 1. The Bertz CT molecular complexity index is 892. The van der Waals surface area contributed by atoms with Crippen LogP contribution in [0.3, 0.4) is 0 Å². The lowest BCUT2D eigenvalue weighted by Crippen LogP contribution is -2.28. The highest BCUT2D eigenvalue weighted by Crippen LogP contribution is 2.25. The van der Waals surface area contributed by atoms with E-state index in [1.165, 1.54) is 15.9 Å². The molecule has 96 valence electrons. The fourth-order valence-electron chi connectivity index (χ4n) is 2.02. The van der Waals surface area contributed by atoms with Crippen LogP contribution in [0.1, 0.15) is 4.88 Å². The zero-order valence-electron chi connectivity index (χ0n) is 9.94. The number of para-hydroxylation sites is 1. The minimum atomic E-state index is -0.483. The third-order valence-electron chi connectivity index (χ3n) is 2.80. The van der Waals surface area contributed by atoms with Crippen molar-refractivity contribution >= 4 is 33.2 Å². The lowest BCUT2D eigenvalue weighted by Gasteiger charge is -2.08. The first-order chi connectivity index (χ1) is 9.08. The van der Waals surface area contributed by atoms with E-state index in [0.717, 1.165) is 4.88 Å². The number of hydrogen-bond acceptors (Lipinski definition) is 3. The van der Waals surface area contributed by atoms with Gasteiger partial charge in [-0.3, -0.25) is 14.3 Å². The molecule has 3 aromatic rings. The van der Waals surface area contributed by atoms with Gasteiger partial charge in [-0.15, -0.1) is 11.3 Å². The minimum Gasteiger partial charge on any atom is -0.272 e. The van der Waals surface area contributed by atoms with E-state index in [9.17, 15) is 9.59 Å². The summed E-state index contributed by atoms with van der Waals surface area (Å²) in [5.74, 6) is 0. The monoisotopic (exact) mass is 292 g/mol. The zero-order chi connectivity index (χ0) is 13.6. The molecule has 0 saturated carbocycles. The van der Waals surface area contributed by atoms with Gasteiger partial charge in [0.15, 0.2) is 0 Å². The third-order valence-corrected chi connectivity index (χ3v) is 4.16. The molecule has 2 heterocycles. The fourth-order valence-corrected chi connectivity index (χ4v) is 3.13. The van der Waals surface area contributed by atoms with Crippen molar-refractivity contribution in [2.75, 3.05) is 0 Å². The third kappa shape index (κ3) is 1.91. The van der Waals surface area contributed by atoms with Crippen LogP contribution >= 0.6 is 22.9 Å². The van der Waals surface area contributed by atoms with Crippen LogP contribution < -0.4 is 11.2 Å². The molecule has 0 fully saturated rings. The van der Waals surface area contributed by atoms with E-state index < -0.39 is 5.69 Å². The van der Waals surface area contributed by atoms with Crippen molar-refractivity contribution in [1.82, 2.24) is 9.55 Å². The number of aromatic nitrogens is 2. The van der Waals surface area contributed by atoms with Gasteiger partial charge >= 0.3 is 5.69 Å². The van der Waals surface area contributed by atoms with Gasteiger partial charge in [0.1, 0.15) is 4.70 Å². The highest BCUT2D eigenvalue weighted by molar-refractivity contribution is 7.18. The van der Waals surface area contributed by atoms with Crippen LogP contribution in [0.2, 0.25) is 5.02 Å². The first kappa shape index (κ1) is 12.2. The number of aromatic amines is 1. The van der Waals surface area contributed by atoms with Crippen molar-refractivity contribution in [3.05, 3.63) is 61.1 Å². The summed E-state index contributed by atoms with van der Waals surface area (Å²) in [4.78, 5) is 27.1. The van der Waals surface area contributed by atoms with Gasteiger partial charge in [-0.2, -0.15) is 0 Å². The van der Waals surface area contributed by atoms with Gasteiger partial charge in [-0.25, -0.2) is 4.79 Å². The Morgan fingerprint density at radius 3 is 2.74 bits per heavy atom. The van der Waals surface area contributed by atoms with Gasteiger partial charge in [0.2, 0.25) is 0 Å². The predicted molar refractivity (Wildman–Crippen MR) is 77.8 cm³/mol. The first-order valence-electron chi connectivity index (χ1n) is 5.58. The molecule has 19 heavy (non-hydrogen) atoms. The number of thiophene rings is 1. The lowest BCUT2D eigenvalue weighted by molar-refractivity contribution is 0.946. The molecule has 0 aliphatic heterocycles. The number of aryl methyl sites for hydroxylation is 1. The summed E-state index contributed by atoms with van der Waals surface area (Å²) < 4.78 is 1.96. The summed E-state index contributed by atoms with van der Waals surface area (Å²) >= 11 is 7.48. The molecule has 2 aromatic heterocycles. The molecular formula is C13H9ClN2O2S. The summed E-state index contributed by atoms with van der Waals surface area (Å²) in [6.07, 6.45) is 0. The zero-order valence-corrected chi connectivity index (χ0v) is 11.5. The summed E-state index contributed by atoms with van der Waals surface area (Å²) in [5.41, 5.74) is 0.308. The minimum absolute atomic E-state index is 0.360. The standard InChI is InChI=1S/C13H9ClN2O2S/c1-7-6-10-11(19-7)12(17)15-13(18)16(10)9-5-3-2-4-8(9)14/h2-6H,1H3,(H,15,17,18). The molecule has 4 nitrogen and oxygen atoms in total. The van der Waals surface area contributed by atoms with Crippen molar-refractivity contribution in [3.63, 3.8) is 0 Å². The van der Waals surface area contributed by atoms with Gasteiger partial charge in [-0.05, 0) is 25.1 Å². The Labute approximate surface area is 116 Å². The maximum absolute atomic E-state index is 12.1. The molecule has 0 unspecified atom stereocenters. The quantitative estimate of drug-likeness (QED) is 0.750. The lowest BCUT2D eigenvalue weighted by atomic mass is 10.3. The van der Waals surface area contributed by atoms with Crippen LogP contribution in [0.5, 0.6) is 0 Å². The number of H-pyrrole nitrogens is 1. The van der Waals surface area contributed by atoms with E-state index in [2.05, 4.69) is 4.98 Å². The number of rotatable bonds is 1. The molecule has 6 heteroatoms. The molecule has 0 saturated heterocycles. The molecule has 0 aliphatic carbocycles. The number of benzene rings is 1. The van der Waals surface area contributed by atoms with Crippen LogP contribution in [-0.4, -0.2) is 9.55 Å². The Kier molecular flexibility index (Phi) is 2.80. The smallest absolute Gasteiger partial charge is 0.272 e. The second-order valence-electron chi connectivity index (χ2n) is 4.12. The van der Waals surface area contributed by atoms with E-state index in [-0.39, 0.29) is 5.56 Å². The van der Waals surface area contributed by atoms with Gasteiger partial charge < -0.3 is 0 Å². The number of nitrogens with zero attached hydrogens (tertiary/aromatic N) is 1. The average Bonchev–Trinajstić information content (AvgIpc) is 2.73. The van der Waals surface area contributed by atoms with Gasteiger partial charge in [0.05, 0.1) is 16.2 Å².